The van der Waals surface area contributed by atoms with Gasteiger partial charge in [0.05, 0.1) is 6.10 Å². The van der Waals surface area contributed by atoms with Crippen molar-refractivity contribution in [3.63, 3.8) is 0 Å². The van der Waals surface area contributed by atoms with Crippen molar-refractivity contribution >= 4 is 12.0 Å². The van der Waals surface area contributed by atoms with Crippen molar-refractivity contribution in [3.8, 4) is 0 Å². The lowest BCUT2D eigenvalue weighted by Crippen LogP contribution is -2.51. The molecule has 6 nitrogen and oxygen atoms in total. The van der Waals surface area contributed by atoms with Gasteiger partial charge < -0.3 is 14.7 Å². The fourth-order valence-corrected chi connectivity index (χ4v) is 2.58. The number of ether oxygens (including phenoxy) is 1. The zero-order chi connectivity index (χ0) is 18.0. The molecule has 1 aliphatic heterocycles. The van der Waals surface area contributed by atoms with E-state index in [9.17, 15) is 14.7 Å². The summed E-state index contributed by atoms with van der Waals surface area (Å²) < 4.78 is 5.40. The Morgan fingerprint density at radius 3 is 2.22 bits per heavy atom. The summed E-state index contributed by atoms with van der Waals surface area (Å²) in [6.45, 7) is 12.4. The first-order valence-electron chi connectivity index (χ1n) is 8.23. The van der Waals surface area contributed by atoms with E-state index in [2.05, 4.69) is 0 Å². The van der Waals surface area contributed by atoms with Gasteiger partial charge in [-0.1, -0.05) is 20.8 Å². The van der Waals surface area contributed by atoms with Crippen LogP contribution in [0, 0.1) is 5.41 Å². The second-order valence-electron chi connectivity index (χ2n) is 8.60. The van der Waals surface area contributed by atoms with Crippen molar-refractivity contribution < 1.29 is 19.4 Å². The Bertz CT molecular complexity index is 437. The summed E-state index contributed by atoms with van der Waals surface area (Å²) in [5.41, 5.74) is -0.723. The van der Waals surface area contributed by atoms with Crippen LogP contribution in [0.25, 0.3) is 0 Å². The minimum atomic E-state index is -0.607. The largest absolute Gasteiger partial charge is 0.444 e. The Balaban J connectivity index is 2.91. The summed E-state index contributed by atoms with van der Waals surface area (Å²) in [4.78, 5) is 28.2. The first-order valence-corrected chi connectivity index (χ1v) is 8.23. The number of nitrogens with zero attached hydrogens (tertiary/aromatic N) is 2. The molecular formula is C17H32N2O4. The summed E-state index contributed by atoms with van der Waals surface area (Å²) in [5.74, 6) is -0.121. The van der Waals surface area contributed by atoms with E-state index < -0.39 is 23.8 Å². The average Bonchev–Trinajstić information content (AvgIpc) is 2.78. The highest BCUT2D eigenvalue weighted by molar-refractivity contribution is 5.86. The van der Waals surface area contributed by atoms with Crippen LogP contribution in [-0.2, 0) is 9.53 Å². The molecule has 0 aromatic heterocycles. The van der Waals surface area contributed by atoms with Gasteiger partial charge in [-0.2, -0.15) is 0 Å². The van der Waals surface area contributed by atoms with Crippen molar-refractivity contribution in [1.29, 1.82) is 0 Å². The molecule has 0 saturated carbocycles. The lowest BCUT2D eigenvalue weighted by Gasteiger charge is -2.35. The van der Waals surface area contributed by atoms with E-state index in [1.165, 1.54) is 4.90 Å². The second-order valence-corrected chi connectivity index (χ2v) is 8.60. The fraction of sp³-hybridized carbons (Fsp3) is 0.882. The van der Waals surface area contributed by atoms with Gasteiger partial charge >= 0.3 is 6.09 Å². The van der Waals surface area contributed by atoms with Crippen LogP contribution in [-0.4, -0.2) is 64.8 Å². The maximum Gasteiger partial charge on any atom is 0.410 e. The Kier molecular flexibility index (Phi) is 6.07. The molecule has 1 heterocycles. The number of carbonyl (C=O) groups excluding carboxylic acids is 2. The van der Waals surface area contributed by atoms with E-state index in [4.69, 9.17) is 4.74 Å². The molecule has 1 rings (SSSR count). The Morgan fingerprint density at radius 1 is 1.26 bits per heavy atom. The third kappa shape index (κ3) is 6.37. The SMILES string of the molecule is CN(C(=O)OC(C)(C)C)C(CC(C)(C)C)C(=O)N1CC[C@H](O)C1. The van der Waals surface area contributed by atoms with Gasteiger partial charge in [-0.3, -0.25) is 9.69 Å². The predicted octanol–water partition coefficient (Wildman–Crippen LogP) is 2.25. The summed E-state index contributed by atoms with van der Waals surface area (Å²) in [6.07, 6.45) is 0.152. The zero-order valence-corrected chi connectivity index (χ0v) is 15.5. The Labute approximate surface area is 139 Å². The third-order valence-corrected chi connectivity index (χ3v) is 3.71. The first-order chi connectivity index (χ1) is 10.3. The molecule has 0 spiro atoms. The van der Waals surface area contributed by atoms with Crippen LogP contribution in [0.1, 0.15) is 54.4 Å². The highest BCUT2D eigenvalue weighted by atomic mass is 16.6. The monoisotopic (exact) mass is 328 g/mol. The van der Waals surface area contributed by atoms with Gasteiger partial charge in [-0.15, -0.1) is 0 Å². The maximum absolute atomic E-state index is 12.8. The van der Waals surface area contributed by atoms with Gasteiger partial charge in [0.1, 0.15) is 11.6 Å². The molecule has 0 radical (unpaired) electrons. The van der Waals surface area contributed by atoms with Crippen LogP contribution in [0.3, 0.4) is 0 Å². The van der Waals surface area contributed by atoms with Gasteiger partial charge in [-0.25, -0.2) is 4.79 Å². The molecule has 1 unspecified atom stereocenters. The topological polar surface area (TPSA) is 70.1 Å². The highest BCUT2D eigenvalue weighted by Gasteiger charge is 2.37. The number of likely N-dealkylation sites (N-methyl/N-ethyl adjacent to an activating group) is 1. The minimum absolute atomic E-state index is 0.116. The van der Waals surface area contributed by atoms with Crippen LogP contribution in [0.4, 0.5) is 4.79 Å². The number of carbonyl (C=O) groups is 2. The molecule has 6 heteroatoms. The minimum Gasteiger partial charge on any atom is -0.444 e. The fourth-order valence-electron chi connectivity index (χ4n) is 2.58. The van der Waals surface area contributed by atoms with Crippen LogP contribution in [0.2, 0.25) is 0 Å². The molecule has 2 atom stereocenters. The van der Waals surface area contributed by atoms with Crippen molar-refractivity contribution in [2.45, 2.75) is 72.1 Å². The van der Waals surface area contributed by atoms with Crippen LogP contribution >= 0.6 is 0 Å². The average molecular weight is 328 g/mol. The van der Waals surface area contributed by atoms with Crippen molar-refractivity contribution in [3.05, 3.63) is 0 Å². The summed E-state index contributed by atoms with van der Waals surface area (Å²) >= 11 is 0. The van der Waals surface area contributed by atoms with E-state index in [1.807, 2.05) is 20.8 Å². The summed E-state index contributed by atoms with van der Waals surface area (Å²) in [5, 5.41) is 9.66. The molecule has 1 aliphatic rings. The molecule has 2 amide bonds. The van der Waals surface area contributed by atoms with E-state index >= 15 is 0 Å². The molecule has 0 aromatic rings. The maximum atomic E-state index is 12.8. The third-order valence-electron chi connectivity index (χ3n) is 3.71. The van der Waals surface area contributed by atoms with Crippen LogP contribution in [0.5, 0.6) is 0 Å². The number of likely N-dealkylation sites (tertiary alicyclic amines) is 1. The van der Waals surface area contributed by atoms with Crippen molar-refractivity contribution in [2.24, 2.45) is 5.41 Å². The van der Waals surface area contributed by atoms with Gasteiger partial charge in [0, 0.05) is 20.1 Å². The standard InChI is InChI=1S/C17H32N2O4/c1-16(2,3)10-13(14(21)19-9-8-12(20)11-19)18(7)15(22)23-17(4,5)6/h12-13,20H,8-11H2,1-7H3/t12-,13?/m0/s1. The van der Waals surface area contributed by atoms with Crippen molar-refractivity contribution in [2.75, 3.05) is 20.1 Å². The number of hydrogen-bond acceptors (Lipinski definition) is 4. The van der Waals surface area contributed by atoms with Gasteiger partial charge in [0.25, 0.3) is 0 Å². The van der Waals surface area contributed by atoms with E-state index in [-0.39, 0.29) is 11.3 Å². The number of amides is 2. The lowest BCUT2D eigenvalue weighted by molar-refractivity contribution is -0.136. The molecule has 1 fully saturated rings. The summed E-state index contributed by atoms with van der Waals surface area (Å²) in [6, 6.07) is -0.588. The zero-order valence-electron chi connectivity index (χ0n) is 15.5. The number of aliphatic hydroxyl groups excluding tert-OH is 1. The molecular weight excluding hydrogens is 296 g/mol. The smallest absolute Gasteiger partial charge is 0.410 e. The number of aliphatic hydroxyl groups is 1. The van der Waals surface area contributed by atoms with E-state index in [1.54, 1.807) is 32.7 Å². The van der Waals surface area contributed by atoms with Gasteiger partial charge in [-0.05, 0) is 39.0 Å². The Hall–Kier alpha value is -1.30. The highest BCUT2D eigenvalue weighted by Crippen LogP contribution is 2.26. The lowest BCUT2D eigenvalue weighted by atomic mass is 9.87. The predicted molar refractivity (Wildman–Crippen MR) is 89.1 cm³/mol. The Morgan fingerprint density at radius 2 is 1.83 bits per heavy atom. The van der Waals surface area contributed by atoms with E-state index in [0.717, 1.165) is 0 Å². The van der Waals surface area contributed by atoms with Gasteiger partial charge in [0.2, 0.25) is 5.91 Å². The molecule has 23 heavy (non-hydrogen) atoms. The number of hydrogen-bond donors (Lipinski definition) is 1. The quantitative estimate of drug-likeness (QED) is 0.862. The second kappa shape index (κ2) is 7.07. The summed E-state index contributed by atoms with van der Waals surface area (Å²) in [7, 11) is 1.61. The van der Waals surface area contributed by atoms with Gasteiger partial charge in [0.15, 0.2) is 0 Å². The first kappa shape index (κ1) is 19.7. The van der Waals surface area contributed by atoms with Crippen LogP contribution in [0.15, 0.2) is 0 Å². The number of β-amino-alcohol motifs (C(OH)–C–C–N with tert-alkyl or cyclic N) is 1. The molecule has 0 aromatic carbocycles. The molecule has 1 N–H and O–H groups in total. The van der Waals surface area contributed by atoms with E-state index in [0.29, 0.717) is 25.9 Å². The normalized spacial score (nSPS) is 20.3. The van der Waals surface area contributed by atoms with Crippen LogP contribution < -0.4 is 0 Å². The molecule has 1 saturated heterocycles. The molecule has 134 valence electrons. The number of rotatable bonds is 3. The van der Waals surface area contributed by atoms with Crippen molar-refractivity contribution in [1.82, 2.24) is 9.80 Å². The molecule has 0 aliphatic carbocycles. The molecule has 0 bridgehead atoms.